The van der Waals surface area contributed by atoms with Crippen molar-refractivity contribution in [2.75, 3.05) is 4.90 Å². The summed E-state index contributed by atoms with van der Waals surface area (Å²) in [5, 5.41) is 12.0. The number of fused-ring (bicyclic) bond motifs is 1. The summed E-state index contributed by atoms with van der Waals surface area (Å²) in [4.78, 5) is 37.3. The average molecular weight is 418 g/mol. The van der Waals surface area contributed by atoms with Crippen molar-refractivity contribution in [3.05, 3.63) is 53.6 Å². The molecule has 8 heteroatoms. The van der Waals surface area contributed by atoms with E-state index in [1.54, 1.807) is 43.0 Å². The van der Waals surface area contributed by atoms with Crippen LogP contribution in [0.1, 0.15) is 56.1 Å². The number of carboxylic acid groups (broad SMARTS) is 1. The number of amides is 2. The molecule has 0 aromatic heterocycles. The number of benzene rings is 2. The molecule has 0 aliphatic carbocycles. The quantitative estimate of drug-likeness (QED) is 0.738. The maximum atomic E-state index is 12.3. The Bertz CT molecular complexity index is 974. The molecule has 0 radical (unpaired) electrons. The monoisotopic (exact) mass is 418 g/mol. The van der Waals surface area contributed by atoms with E-state index in [1.807, 2.05) is 25.1 Å². The first-order chi connectivity index (χ1) is 14.2. The van der Waals surface area contributed by atoms with Crippen molar-refractivity contribution in [1.82, 2.24) is 5.32 Å². The van der Waals surface area contributed by atoms with E-state index in [9.17, 15) is 14.4 Å². The Kier molecular flexibility index (Phi) is 7.94. The van der Waals surface area contributed by atoms with Crippen molar-refractivity contribution >= 4 is 42.5 Å². The van der Waals surface area contributed by atoms with Crippen LogP contribution >= 0.6 is 0 Å². The van der Waals surface area contributed by atoms with Gasteiger partial charge in [-0.25, -0.2) is 9.59 Å². The molecular weight excluding hydrogens is 391 g/mol. The number of alkyl carbamates (subject to hydrolysis) is 1. The number of carbonyl (C=O) groups is 3. The van der Waals surface area contributed by atoms with Crippen molar-refractivity contribution in [2.45, 2.75) is 52.3 Å². The first kappa shape index (κ1) is 24.5. The van der Waals surface area contributed by atoms with E-state index < -0.39 is 12.1 Å². The number of rotatable bonds is 4. The van der Waals surface area contributed by atoms with Gasteiger partial charge in [-0.2, -0.15) is 0 Å². The van der Waals surface area contributed by atoms with E-state index >= 15 is 0 Å². The van der Waals surface area contributed by atoms with E-state index in [4.69, 9.17) is 9.84 Å². The Balaban J connectivity index is 0.00000341. The van der Waals surface area contributed by atoms with Crippen LogP contribution in [0, 0.1) is 0 Å². The third kappa shape index (κ3) is 5.49. The summed E-state index contributed by atoms with van der Waals surface area (Å²) in [6, 6.07) is 11.9. The van der Waals surface area contributed by atoms with Crippen LogP contribution in [0.25, 0.3) is 11.1 Å². The second kappa shape index (κ2) is 10.0. The van der Waals surface area contributed by atoms with Crippen LogP contribution in [0.5, 0.6) is 0 Å². The third-order valence-electron chi connectivity index (χ3n) is 5.12. The number of aromatic carboxylic acids is 1. The number of ether oxygens (including phenoxy) is 1. The van der Waals surface area contributed by atoms with Crippen LogP contribution < -0.4 is 10.2 Å². The molecule has 31 heavy (non-hydrogen) atoms. The summed E-state index contributed by atoms with van der Waals surface area (Å²) in [5.41, 5.74) is 3.50. The fourth-order valence-electron chi connectivity index (χ4n) is 3.86. The summed E-state index contributed by atoms with van der Waals surface area (Å²) in [7, 11) is 0. The predicted molar refractivity (Wildman–Crippen MR) is 121 cm³/mol. The van der Waals surface area contributed by atoms with Crippen LogP contribution in [-0.2, 0) is 9.53 Å². The standard InChI is InChI=1S/C23H26N2O5.Li.H/c1-13(2)30-23(29)24-20-11-14(3)25(15(4)26)21-10-9-18(12-19(20)21)16-5-7-17(8-6-16)22(27)28;;/h5-10,12-14,20H,11H2,1-4H3,(H,24,29)(H,27,28);;/t14-,20+;;/m0../s1. The van der Waals surface area contributed by atoms with Crippen LogP contribution in [0.2, 0.25) is 0 Å². The molecule has 2 N–H and O–H groups in total. The van der Waals surface area contributed by atoms with Gasteiger partial charge in [-0.3, -0.25) is 4.79 Å². The third-order valence-corrected chi connectivity index (χ3v) is 5.12. The minimum atomic E-state index is -0.981. The Hall–Kier alpha value is -2.75. The second-order valence-corrected chi connectivity index (χ2v) is 7.78. The Morgan fingerprint density at radius 2 is 1.71 bits per heavy atom. The van der Waals surface area contributed by atoms with Gasteiger partial charge in [0.25, 0.3) is 0 Å². The molecule has 1 aliphatic rings. The van der Waals surface area contributed by atoms with E-state index in [1.165, 1.54) is 6.92 Å². The molecule has 2 aromatic rings. The van der Waals surface area contributed by atoms with Gasteiger partial charge in [-0.05, 0) is 68.1 Å². The molecule has 2 aromatic carbocycles. The van der Waals surface area contributed by atoms with Gasteiger partial charge >= 0.3 is 30.9 Å². The van der Waals surface area contributed by atoms with E-state index in [-0.39, 0.29) is 48.5 Å². The number of carbonyl (C=O) groups excluding carboxylic acids is 2. The molecule has 0 saturated heterocycles. The summed E-state index contributed by atoms with van der Waals surface area (Å²) < 4.78 is 5.24. The molecular formula is C23H27LiN2O5. The van der Waals surface area contributed by atoms with Crippen molar-refractivity contribution < 1.29 is 24.2 Å². The Morgan fingerprint density at radius 3 is 2.26 bits per heavy atom. The van der Waals surface area contributed by atoms with Gasteiger partial charge in [-0.15, -0.1) is 0 Å². The zero-order valence-corrected chi connectivity index (χ0v) is 17.5. The maximum absolute atomic E-state index is 12.3. The van der Waals surface area contributed by atoms with Crippen molar-refractivity contribution in [3.63, 3.8) is 0 Å². The molecule has 2 amide bonds. The van der Waals surface area contributed by atoms with Gasteiger partial charge < -0.3 is 20.1 Å². The van der Waals surface area contributed by atoms with E-state index in [0.717, 1.165) is 22.4 Å². The molecule has 0 unspecified atom stereocenters. The first-order valence-electron chi connectivity index (χ1n) is 9.92. The number of hydrogen-bond donors (Lipinski definition) is 2. The van der Waals surface area contributed by atoms with Gasteiger partial charge in [0.2, 0.25) is 5.91 Å². The number of anilines is 1. The van der Waals surface area contributed by atoms with Crippen LogP contribution in [-0.4, -0.2) is 54.1 Å². The fourth-order valence-corrected chi connectivity index (χ4v) is 3.86. The predicted octanol–water partition coefficient (Wildman–Crippen LogP) is 3.72. The molecule has 0 saturated carbocycles. The zero-order chi connectivity index (χ0) is 22.0. The van der Waals surface area contributed by atoms with Crippen LogP contribution in [0.15, 0.2) is 42.5 Å². The number of hydrogen-bond acceptors (Lipinski definition) is 4. The summed E-state index contributed by atoms with van der Waals surface area (Å²) in [5.74, 6) is -1.04. The summed E-state index contributed by atoms with van der Waals surface area (Å²) in [6.45, 7) is 7.05. The molecule has 1 aliphatic heterocycles. The van der Waals surface area contributed by atoms with Crippen molar-refractivity contribution in [2.24, 2.45) is 0 Å². The SMILES string of the molecule is CC(=O)N1c2ccc(-c3ccc(C(=O)O)cc3)cc2[C@H](NC(=O)OC(C)C)C[C@@H]1C.[LiH]. The summed E-state index contributed by atoms with van der Waals surface area (Å²) >= 11 is 0. The second-order valence-electron chi connectivity index (χ2n) is 7.78. The number of nitrogens with zero attached hydrogens (tertiary/aromatic N) is 1. The molecule has 2 atom stereocenters. The minimum absolute atomic E-state index is 0. The van der Waals surface area contributed by atoms with Crippen LogP contribution in [0.3, 0.4) is 0 Å². The molecule has 160 valence electrons. The molecule has 0 spiro atoms. The zero-order valence-electron chi connectivity index (χ0n) is 17.5. The molecule has 0 bridgehead atoms. The normalized spacial score (nSPS) is 17.4. The van der Waals surface area contributed by atoms with E-state index in [0.29, 0.717) is 6.42 Å². The Morgan fingerprint density at radius 1 is 1.10 bits per heavy atom. The Labute approximate surface area is 193 Å². The molecule has 0 fully saturated rings. The van der Waals surface area contributed by atoms with Gasteiger partial charge in [0, 0.05) is 18.7 Å². The van der Waals surface area contributed by atoms with Gasteiger partial charge in [0.05, 0.1) is 17.7 Å². The summed E-state index contributed by atoms with van der Waals surface area (Å²) in [6.07, 6.45) is -0.180. The topological polar surface area (TPSA) is 95.9 Å². The van der Waals surface area contributed by atoms with Gasteiger partial charge in [0.15, 0.2) is 0 Å². The van der Waals surface area contributed by atoms with Gasteiger partial charge in [-0.1, -0.05) is 18.2 Å². The first-order valence-corrected chi connectivity index (χ1v) is 9.92. The van der Waals surface area contributed by atoms with E-state index in [2.05, 4.69) is 5.32 Å². The average Bonchev–Trinajstić information content (AvgIpc) is 2.66. The number of nitrogens with one attached hydrogen (secondary N) is 1. The van der Waals surface area contributed by atoms with Gasteiger partial charge in [0.1, 0.15) is 0 Å². The van der Waals surface area contributed by atoms with Crippen LogP contribution in [0.4, 0.5) is 10.5 Å². The molecule has 3 rings (SSSR count). The van der Waals surface area contributed by atoms with Crippen molar-refractivity contribution in [3.8, 4) is 11.1 Å². The number of carboxylic acids is 1. The molecule has 1 heterocycles. The van der Waals surface area contributed by atoms with Crippen molar-refractivity contribution in [1.29, 1.82) is 0 Å². The fraction of sp³-hybridized carbons (Fsp3) is 0.348. The molecule has 7 nitrogen and oxygen atoms in total.